The fraction of sp³-hybridized carbons (Fsp3) is 0.294. The summed E-state index contributed by atoms with van der Waals surface area (Å²) in [5.74, 6) is 1.77. The molecule has 0 aliphatic carbocycles. The Morgan fingerprint density at radius 2 is 1.29 bits per heavy atom. The smallest absolute Gasteiger partial charge is 0.123 e. The number of para-hydroxylation sites is 2. The van der Waals surface area contributed by atoms with Crippen molar-refractivity contribution in [1.29, 1.82) is 0 Å². The molecular weight excluding hydrogens is 264 g/mol. The summed E-state index contributed by atoms with van der Waals surface area (Å²) in [4.78, 5) is 0. The highest BCUT2D eigenvalue weighted by molar-refractivity contribution is 5.33. The van der Waals surface area contributed by atoms with Gasteiger partial charge in [-0.15, -0.1) is 0 Å². The molecule has 0 bridgehead atoms. The van der Waals surface area contributed by atoms with E-state index in [1.54, 1.807) is 7.11 Å². The number of methoxy groups -OCH3 is 1. The molecule has 0 atom stereocenters. The lowest BCUT2D eigenvalue weighted by Gasteiger charge is -2.06. The topological polar surface area (TPSA) is 70.5 Å². The van der Waals surface area contributed by atoms with Crippen molar-refractivity contribution in [3.8, 4) is 11.5 Å². The van der Waals surface area contributed by atoms with E-state index in [4.69, 9.17) is 20.9 Å². The van der Waals surface area contributed by atoms with Crippen LogP contribution in [0.25, 0.3) is 0 Å². The molecule has 2 aromatic rings. The van der Waals surface area contributed by atoms with Crippen LogP contribution in [0.2, 0.25) is 0 Å². The normalized spacial score (nSPS) is 9.52. The molecule has 4 nitrogen and oxygen atoms in total. The van der Waals surface area contributed by atoms with Crippen molar-refractivity contribution in [3.05, 3.63) is 59.7 Å². The van der Waals surface area contributed by atoms with E-state index in [2.05, 4.69) is 0 Å². The highest BCUT2D eigenvalue weighted by atomic mass is 16.5. The lowest BCUT2D eigenvalue weighted by atomic mass is 10.2. The summed E-state index contributed by atoms with van der Waals surface area (Å²) >= 11 is 0. The minimum atomic E-state index is 0.532. The van der Waals surface area contributed by atoms with Gasteiger partial charge in [0.2, 0.25) is 0 Å². The molecule has 0 fully saturated rings. The standard InChI is InChI=1S/C9H13NO.C8H11NO/c1-2-11-9-6-4-3-5-8(9)7-10;1-10-8-5-3-2-4-7(8)6-9/h3-6H,2,7,10H2,1H3;2-5H,6,9H2,1H3. The summed E-state index contributed by atoms with van der Waals surface area (Å²) < 4.78 is 10.4. The van der Waals surface area contributed by atoms with Crippen LogP contribution in [0.3, 0.4) is 0 Å². The van der Waals surface area contributed by atoms with Crippen molar-refractivity contribution in [3.63, 3.8) is 0 Å². The van der Waals surface area contributed by atoms with Crippen LogP contribution in [-0.2, 0) is 13.1 Å². The number of hydrogen-bond donors (Lipinski definition) is 2. The Morgan fingerprint density at radius 3 is 1.71 bits per heavy atom. The third-order valence-corrected chi connectivity index (χ3v) is 2.90. The first-order valence-corrected chi connectivity index (χ1v) is 6.99. The van der Waals surface area contributed by atoms with Crippen LogP contribution in [0.15, 0.2) is 48.5 Å². The number of ether oxygens (including phenoxy) is 2. The van der Waals surface area contributed by atoms with Crippen LogP contribution >= 0.6 is 0 Å². The van der Waals surface area contributed by atoms with Crippen molar-refractivity contribution in [2.45, 2.75) is 20.0 Å². The van der Waals surface area contributed by atoms with E-state index in [9.17, 15) is 0 Å². The van der Waals surface area contributed by atoms with Gasteiger partial charge < -0.3 is 20.9 Å². The quantitative estimate of drug-likeness (QED) is 0.887. The van der Waals surface area contributed by atoms with Gasteiger partial charge >= 0.3 is 0 Å². The van der Waals surface area contributed by atoms with Gasteiger partial charge in [0.1, 0.15) is 11.5 Å². The molecule has 0 saturated heterocycles. The van der Waals surface area contributed by atoms with Crippen molar-refractivity contribution in [1.82, 2.24) is 0 Å². The fourth-order valence-electron chi connectivity index (χ4n) is 1.84. The van der Waals surface area contributed by atoms with Crippen LogP contribution in [0.1, 0.15) is 18.1 Å². The highest BCUT2D eigenvalue weighted by Gasteiger charge is 1.97. The predicted molar refractivity (Wildman–Crippen MR) is 86.4 cm³/mol. The largest absolute Gasteiger partial charge is 0.496 e. The Balaban J connectivity index is 0.000000211. The summed E-state index contributed by atoms with van der Waals surface area (Å²) in [5.41, 5.74) is 13.1. The fourth-order valence-corrected chi connectivity index (χ4v) is 1.84. The summed E-state index contributed by atoms with van der Waals surface area (Å²) in [6.07, 6.45) is 0. The first-order chi connectivity index (χ1) is 10.3. The molecule has 4 N–H and O–H groups in total. The van der Waals surface area contributed by atoms with Gasteiger partial charge in [0.15, 0.2) is 0 Å². The molecule has 0 aliphatic rings. The maximum absolute atomic E-state index is 5.50. The van der Waals surface area contributed by atoms with Gasteiger partial charge in [-0.05, 0) is 19.1 Å². The molecule has 0 heterocycles. The molecule has 0 aliphatic heterocycles. The van der Waals surface area contributed by atoms with Crippen LogP contribution in [0.4, 0.5) is 0 Å². The zero-order valence-corrected chi connectivity index (χ0v) is 12.7. The maximum Gasteiger partial charge on any atom is 0.123 e. The van der Waals surface area contributed by atoms with Gasteiger partial charge in [0.25, 0.3) is 0 Å². The molecule has 4 heteroatoms. The van der Waals surface area contributed by atoms with E-state index in [0.717, 1.165) is 22.6 Å². The number of rotatable bonds is 5. The molecular formula is C17H24N2O2. The molecule has 21 heavy (non-hydrogen) atoms. The minimum absolute atomic E-state index is 0.532. The molecule has 0 unspecified atom stereocenters. The van der Waals surface area contributed by atoms with Crippen molar-refractivity contribution in [2.75, 3.05) is 13.7 Å². The summed E-state index contributed by atoms with van der Waals surface area (Å²) in [6, 6.07) is 15.6. The first-order valence-electron chi connectivity index (χ1n) is 6.99. The average Bonchev–Trinajstić information content (AvgIpc) is 2.56. The van der Waals surface area contributed by atoms with E-state index in [0.29, 0.717) is 19.7 Å². The van der Waals surface area contributed by atoms with Crippen LogP contribution in [0.5, 0.6) is 11.5 Å². The molecule has 114 valence electrons. The molecule has 2 rings (SSSR count). The Kier molecular flexibility index (Phi) is 7.94. The van der Waals surface area contributed by atoms with Gasteiger partial charge in [-0.25, -0.2) is 0 Å². The van der Waals surface area contributed by atoms with Gasteiger partial charge in [-0.1, -0.05) is 36.4 Å². The van der Waals surface area contributed by atoms with Gasteiger partial charge in [0.05, 0.1) is 13.7 Å². The Labute approximate surface area is 126 Å². The second kappa shape index (κ2) is 9.80. The van der Waals surface area contributed by atoms with Crippen molar-refractivity contribution < 1.29 is 9.47 Å². The minimum Gasteiger partial charge on any atom is -0.496 e. The third-order valence-electron chi connectivity index (χ3n) is 2.90. The van der Waals surface area contributed by atoms with Crippen LogP contribution in [-0.4, -0.2) is 13.7 Å². The van der Waals surface area contributed by atoms with E-state index in [1.165, 1.54) is 0 Å². The molecule has 0 aromatic heterocycles. The van der Waals surface area contributed by atoms with Crippen LogP contribution in [0, 0.1) is 0 Å². The van der Waals surface area contributed by atoms with Crippen molar-refractivity contribution >= 4 is 0 Å². The Hall–Kier alpha value is -2.04. The summed E-state index contributed by atoms with van der Waals surface area (Å²) in [6.45, 7) is 3.73. The Bertz CT molecular complexity index is 507. The summed E-state index contributed by atoms with van der Waals surface area (Å²) in [7, 11) is 1.65. The SMILES string of the molecule is CCOc1ccccc1CN.COc1ccccc1CN. The Morgan fingerprint density at radius 1 is 0.810 bits per heavy atom. The number of benzene rings is 2. The second-order valence-electron chi connectivity index (χ2n) is 4.26. The molecule has 0 spiro atoms. The first kappa shape index (κ1) is 17.0. The van der Waals surface area contributed by atoms with Gasteiger partial charge in [-0.3, -0.25) is 0 Å². The average molecular weight is 288 g/mol. The number of hydrogen-bond acceptors (Lipinski definition) is 4. The van der Waals surface area contributed by atoms with E-state index in [-0.39, 0.29) is 0 Å². The summed E-state index contributed by atoms with van der Waals surface area (Å²) in [5, 5.41) is 0. The number of nitrogens with two attached hydrogens (primary N) is 2. The molecule has 2 aromatic carbocycles. The highest BCUT2D eigenvalue weighted by Crippen LogP contribution is 2.16. The zero-order chi connectivity index (χ0) is 15.5. The van der Waals surface area contributed by atoms with Gasteiger partial charge in [0, 0.05) is 24.2 Å². The third kappa shape index (κ3) is 5.45. The molecule has 0 saturated carbocycles. The van der Waals surface area contributed by atoms with E-state index < -0.39 is 0 Å². The van der Waals surface area contributed by atoms with Crippen molar-refractivity contribution in [2.24, 2.45) is 11.5 Å². The van der Waals surface area contributed by atoms with Gasteiger partial charge in [-0.2, -0.15) is 0 Å². The monoisotopic (exact) mass is 288 g/mol. The molecule has 0 radical (unpaired) electrons. The predicted octanol–water partition coefficient (Wildman–Crippen LogP) is 2.70. The molecule has 0 amide bonds. The second-order valence-corrected chi connectivity index (χ2v) is 4.26. The zero-order valence-electron chi connectivity index (χ0n) is 12.7. The maximum atomic E-state index is 5.50. The van der Waals surface area contributed by atoms with E-state index >= 15 is 0 Å². The lowest BCUT2D eigenvalue weighted by molar-refractivity contribution is 0.336. The van der Waals surface area contributed by atoms with E-state index in [1.807, 2.05) is 55.5 Å². The lowest BCUT2D eigenvalue weighted by Crippen LogP contribution is -2.01. The van der Waals surface area contributed by atoms with Crippen LogP contribution < -0.4 is 20.9 Å².